The average molecular weight is 190 g/mol. The van der Waals surface area contributed by atoms with E-state index in [2.05, 4.69) is 5.32 Å². The van der Waals surface area contributed by atoms with Crippen LogP contribution in [0.25, 0.3) is 0 Å². The van der Waals surface area contributed by atoms with Gasteiger partial charge in [0, 0.05) is 6.07 Å². The standard InChI is InChI=1S/C10H10N2O2/c11-4-7-1-2-9-10(3-7)14-6-8(5-13)12-9/h1-3,8,12-13H,5-6H2. The Bertz CT molecular complexity index is 384. The molecule has 0 saturated heterocycles. The number of aliphatic hydroxyl groups is 1. The van der Waals surface area contributed by atoms with Crippen LogP contribution in [0.1, 0.15) is 5.56 Å². The third-order valence-electron chi connectivity index (χ3n) is 2.13. The van der Waals surface area contributed by atoms with Crippen molar-refractivity contribution in [2.75, 3.05) is 18.5 Å². The Hall–Kier alpha value is -1.73. The van der Waals surface area contributed by atoms with Crippen LogP contribution in [0, 0.1) is 11.3 Å². The van der Waals surface area contributed by atoms with Gasteiger partial charge in [-0.25, -0.2) is 0 Å². The van der Waals surface area contributed by atoms with Gasteiger partial charge < -0.3 is 15.2 Å². The topological polar surface area (TPSA) is 65.3 Å². The maximum Gasteiger partial charge on any atom is 0.143 e. The van der Waals surface area contributed by atoms with E-state index in [9.17, 15) is 0 Å². The number of ether oxygens (including phenoxy) is 1. The molecule has 72 valence electrons. The average Bonchev–Trinajstić information content (AvgIpc) is 2.27. The minimum Gasteiger partial charge on any atom is -0.489 e. The summed E-state index contributed by atoms with van der Waals surface area (Å²) < 4.78 is 5.40. The lowest BCUT2D eigenvalue weighted by Gasteiger charge is -2.25. The summed E-state index contributed by atoms with van der Waals surface area (Å²) in [4.78, 5) is 0. The molecule has 2 N–H and O–H groups in total. The molecular formula is C10H10N2O2. The van der Waals surface area contributed by atoms with Crippen LogP contribution in [-0.4, -0.2) is 24.4 Å². The highest BCUT2D eigenvalue weighted by Gasteiger charge is 2.17. The smallest absolute Gasteiger partial charge is 0.143 e. The lowest BCUT2D eigenvalue weighted by molar-refractivity contribution is 0.207. The van der Waals surface area contributed by atoms with E-state index in [1.165, 1.54) is 0 Å². The molecule has 1 aliphatic rings. The zero-order valence-electron chi connectivity index (χ0n) is 7.53. The quantitative estimate of drug-likeness (QED) is 0.685. The Labute approximate surface area is 81.7 Å². The summed E-state index contributed by atoms with van der Waals surface area (Å²) in [6.07, 6.45) is 0. The first-order valence-corrected chi connectivity index (χ1v) is 4.38. The first-order valence-electron chi connectivity index (χ1n) is 4.38. The van der Waals surface area contributed by atoms with Gasteiger partial charge in [-0.05, 0) is 12.1 Å². The Morgan fingerprint density at radius 2 is 2.50 bits per heavy atom. The van der Waals surface area contributed by atoms with Crippen molar-refractivity contribution in [3.05, 3.63) is 23.8 Å². The molecule has 1 heterocycles. The molecule has 1 aromatic rings. The van der Waals surface area contributed by atoms with Crippen molar-refractivity contribution in [2.24, 2.45) is 0 Å². The fourth-order valence-electron chi connectivity index (χ4n) is 1.38. The molecule has 4 nitrogen and oxygen atoms in total. The van der Waals surface area contributed by atoms with Gasteiger partial charge in [0.05, 0.1) is 30.0 Å². The minimum absolute atomic E-state index is 0.0411. The van der Waals surface area contributed by atoms with Gasteiger partial charge in [0.1, 0.15) is 12.4 Å². The second kappa shape index (κ2) is 3.56. The molecule has 1 atom stereocenters. The van der Waals surface area contributed by atoms with E-state index in [-0.39, 0.29) is 12.6 Å². The predicted octanol–water partition coefficient (Wildman–Crippen LogP) is 0.723. The fraction of sp³-hybridized carbons (Fsp3) is 0.300. The van der Waals surface area contributed by atoms with E-state index in [1.807, 2.05) is 6.07 Å². The second-order valence-corrected chi connectivity index (χ2v) is 3.16. The molecule has 0 bridgehead atoms. The lowest BCUT2D eigenvalue weighted by atomic mass is 10.1. The van der Waals surface area contributed by atoms with Gasteiger partial charge in [-0.1, -0.05) is 0 Å². The number of nitrogens with one attached hydrogen (secondary N) is 1. The number of nitrogens with zero attached hydrogens (tertiary/aromatic N) is 1. The number of anilines is 1. The zero-order valence-corrected chi connectivity index (χ0v) is 7.53. The molecule has 0 aliphatic carbocycles. The lowest BCUT2D eigenvalue weighted by Crippen LogP contribution is -2.34. The van der Waals surface area contributed by atoms with Crippen molar-refractivity contribution >= 4 is 5.69 Å². The van der Waals surface area contributed by atoms with E-state index < -0.39 is 0 Å². The first-order chi connectivity index (χ1) is 6.83. The van der Waals surface area contributed by atoms with E-state index in [0.717, 1.165) is 5.69 Å². The van der Waals surface area contributed by atoms with Gasteiger partial charge in [0.2, 0.25) is 0 Å². The largest absolute Gasteiger partial charge is 0.489 e. The van der Waals surface area contributed by atoms with Crippen LogP contribution in [0.3, 0.4) is 0 Å². The summed E-state index contributed by atoms with van der Waals surface area (Å²) in [5, 5.41) is 20.7. The molecular weight excluding hydrogens is 180 g/mol. The number of fused-ring (bicyclic) bond motifs is 1. The summed E-state index contributed by atoms with van der Waals surface area (Å²) in [6.45, 7) is 0.470. The third-order valence-corrected chi connectivity index (χ3v) is 2.13. The van der Waals surface area contributed by atoms with E-state index >= 15 is 0 Å². The zero-order chi connectivity index (χ0) is 9.97. The maximum absolute atomic E-state index is 8.92. The predicted molar refractivity (Wildman–Crippen MR) is 51.1 cm³/mol. The van der Waals surface area contributed by atoms with Crippen LogP contribution in [0.4, 0.5) is 5.69 Å². The van der Waals surface area contributed by atoms with Crippen molar-refractivity contribution in [1.82, 2.24) is 0 Å². The Morgan fingerprint density at radius 1 is 1.64 bits per heavy atom. The number of nitriles is 1. The van der Waals surface area contributed by atoms with Crippen LogP contribution in [0.2, 0.25) is 0 Å². The highest BCUT2D eigenvalue weighted by Crippen LogP contribution is 2.29. The summed E-state index contributed by atoms with van der Waals surface area (Å²) >= 11 is 0. The minimum atomic E-state index is -0.0598. The van der Waals surface area contributed by atoms with Gasteiger partial charge in [-0.3, -0.25) is 0 Å². The van der Waals surface area contributed by atoms with Crippen molar-refractivity contribution in [3.63, 3.8) is 0 Å². The highest BCUT2D eigenvalue weighted by atomic mass is 16.5. The van der Waals surface area contributed by atoms with Crippen molar-refractivity contribution in [1.29, 1.82) is 5.26 Å². The number of benzene rings is 1. The monoisotopic (exact) mass is 190 g/mol. The number of hydrogen-bond donors (Lipinski definition) is 2. The number of hydrogen-bond acceptors (Lipinski definition) is 4. The maximum atomic E-state index is 8.92. The summed E-state index contributed by atoms with van der Waals surface area (Å²) in [5.74, 6) is 0.675. The van der Waals surface area contributed by atoms with Gasteiger partial charge in [-0.2, -0.15) is 5.26 Å². The van der Waals surface area contributed by atoms with Crippen LogP contribution in [0.5, 0.6) is 5.75 Å². The summed E-state index contributed by atoms with van der Waals surface area (Å²) in [5.41, 5.74) is 1.40. The molecule has 0 amide bonds. The van der Waals surface area contributed by atoms with Gasteiger partial charge in [0.15, 0.2) is 0 Å². The Balaban J connectivity index is 2.29. The van der Waals surface area contributed by atoms with E-state index in [0.29, 0.717) is 17.9 Å². The fourth-order valence-corrected chi connectivity index (χ4v) is 1.38. The van der Waals surface area contributed by atoms with Crippen molar-refractivity contribution in [2.45, 2.75) is 6.04 Å². The van der Waals surface area contributed by atoms with Gasteiger partial charge in [0.25, 0.3) is 0 Å². The number of aliphatic hydroxyl groups excluding tert-OH is 1. The van der Waals surface area contributed by atoms with Crippen molar-refractivity contribution in [3.8, 4) is 11.8 Å². The summed E-state index contributed by atoms with van der Waals surface area (Å²) in [7, 11) is 0. The third kappa shape index (κ3) is 1.50. The van der Waals surface area contributed by atoms with Crippen LogP contribution in [-0.2, 0) is 0 Å². The number of rotatable bonds is 1. The molecule has 14 heavy (non-hydrogen) atoms. The molecule has 0 spiro atoms. The molecule has 1 unspecified atom stereocenters. The molecule has 2 rings (SSSR count). The van der Waals surface area contributed by atoms with Crippen LogP contribution < -0.4 is 10.1 Å². The SMILES string of the molecule is N#Cc1ccc2c(c1)OCC(CO)N2. The van der Waals surface area contributed by atoms with Gasteiger partial charge in [-0.15, -0.1) is 0 Å². The van der Waals surface area contributed by atoms with E-state index in [4.69, 9.17) is 15.1 Å². The molecule has 1 aromatic carbocycles. The van der Waals surface area contributed by atoms with Crippen molar-refractivity contribution < 1.29 is 9.84 Å². The van der Waals surface area contributed by atoms with E-state index in [1.54, 1.807) is 18.2 Å². The van der Waals surface area contributed by atoms with Crippen LogP contribution >= 0.6 is 0 Å². The normalized spacial score (nSPS) is 18.7. The first kappa shape index (κ1) is 8.85. The second-order valence-electron chi connectivity index (χ2n) is 3.16. The van der Waals surface area contributed by atoms with Gasteiger partial charge >= 0.3 is 0 Å². The highest BCUT2D eigenvalue weighted by molar-refractivity contribution is 5.61. The van der Waals surface area contributed by atoms with Crippen LogP contribution in [0.15, 0.2) is 18.2 Å². The Morgan fingerprint density at radius 3 is 3.21 bits per heavy atom. The molecule has 1 aliphatic heterocycles. The summed E-state index contributed by atoms with van der Waals surface area (Å²) in [6, 6.07) is 7.18. The molecule has 0 saturated carbocycles. The molecule has 4 heteroatoms. The molecule has 0 aromatic heterocycles. The Kier molecular flexibility index (Phi) is 2.25. The molecule has 0 radical (unpaired) electrons. The molecule has 0 fully saturated rings.